The summed E-state index contributed by atoms with van der Waals surface area (Å²) in [6.07, 6.45) is -3.96. The SMILES string of the molecule is CCOc1ccc(CNC(=S)NN=CC(=NNC(=S)NCc2ccc(OCC)cc2)[C@@H](O)[C@H](O)[C@H](O)CO)cc1. The lowest BCUT2D eigenvalue weighted by Crippen LogP contribution is -2.45. The minimum atomic E-state index is -1.74. The molecule has 0 saturated heterocycles. The van der Waals surface area contributed by atoms with Crippen LogP contribution >= 0.6 is 24.4 Å². The summed E-state index contributed by atoms with van der Waals surface area (Å²) in [5.74, 6) is 1.53. The van der Waals surface area contributed by atoms with Crippen LogP contribution in [0.25, 0.3) is 0 Å². The highest BCUT2D eigenvalue weighted by atomic mass is 32.1. The number of nitrogens with zero attached hydrogens (tertiary/aromatic N) is 2. The normalized spacial score (nSPS) is 13.7. The molecule has 40 heavy (non-hydrogen) atoms. The van der Waals surface area contributed by atoms with Crippen LogP contribution in [0.2, 0.25) is 0 Å². The quantitative estimate of drug-likeness (QED) is 0.0821. The molecule has 3 atom stereocenters. The highest BCUT2D eigenvalue weighted by molar-refractivity contribution is 7.80. The Morgan fingerprint density at radius 3 is 1.75 bits per heavy atom. The summed E-state index contributed by atoms with van der Waals surface area (Å²) in [5.41, 5.74) is 6.88. The van der Waals surface area contributed by atoms with E-state index in [9.17, 15) is 15.3 Å². The number of nitrogens with one attached hydrogen (secondary N) is 4. The second kappa shape index (κ2) is 18.0. The summed E-state index contributed by atoms with van der Waals surface area (Å²) >= 11 is 10.5. The molecule has 2 aromatic rings. The van der Waals surface area contributed by atoms with E-state index in [0.29, 0.717) is 26.3 Å². The van der Waals surface area contributed by atoms with Gasteiger partial charge in [0, 0.05) is 13.1 Å². The molecule has 14 heteroatoms. The zero-order valence-electron chi connectivity index (χ0n) is 22.3. The number of ether oxygens (including phenoxy) is 2. The van der Waals surface area contributed by atoms with Crippen molar-refractivity contribution < 1.29 is 29.9 Å². The molecule has 0 bridgehead atoms. The van der Waals surface area contributed by atoms with Gasteiger partial charge in [0.25, 0.3) is 0 Å². The minimum Gasteiger partial charge on any atom is -0.494 e. The maximum absolute atomic E-state index is 10.5. The highest BCUT2D eigenvalue weighted by Crippen LogP contribution is 2.12. The monoisotopic (exact) mass is 592 g/mol. The lowest BCUT2D eigenvalue weighted by atomic mass is 10.0. The predicted octanol–water partition coefficient (Wildman–Crippen LogP) is 0.529. The third-order valence-corrected chi connectivity index (χ3v) is 5.70. The summed E-state index contributed by atoms with van der Waals surface area (Å²) in [4.78, 5) is 0. The van der Waals surface area contributed by atoms with Crippen molar-refractivity contribution in [3.8, 4) is 11.5 Å². The van der Waals surface area contributed by atoms with Gasteiger partial charge < -0.3 is 40.5 Å². The van der Waals surface area contributed by atoms with Crippen molar-refractivity contribution in [2.45, 2.75) is 45.2 Å². The zero-order chi connectivity index (χ0) is 29.3. The van der Waals surface area contributed by atoms with Gasteiger partial charge in [-0.25, -0.2) is 0 Å². The molecule has 0 aromatic heterocycles. The molecule has 0 spiro atoms. The van der Waals surface area contributed by atoms with Gasteiger partial charge >= 0.3 is 0 Å². The summed E-state index contributed by atoms with van der Waals surface area (Å²) in [7, 11) is 0. The number of aliphatic hydroxyl groups excluding tert-OH is 4. The van der Waals surface area contributed by atoms with Gasteiger partial charge in [0.1, 0.15) is 35.5 Å². The van der Waals surface area contributed by atoms with Crippen molar-refractivity contribution in [1.82, 2.24) is 21.5 Å². The Labute approximate surface area is 244 Å². The van der Waals surface area contributed by atoms with Gasteiger partial charge in [0.2, 0.25) is 0 Å². The first-order valence-electron chi connectivity index (χ1n) is 12.5. The molecule has 0 radical (unpaired) electrons. The average molecular weight is 593 g/mol. The molecule has 218 valence electrons. The van der Waals surface area contributed by atoms with Gasteiger partial charge in [0.05, 0.1) is 26.0 Å². The van der Waals surface area contributed by atoms with Crippen LogP contribution in [0, 0.1) is 0 Å². The first-order valence-corrected chi connectivity index (χ1v) is 13.4. The van der Waals surface area contributed by atoms with Crippen LogP contribution in [0.3, 0.4) is 0 Å². The lowest BCUT2D eigenvalue weighted by molar-refractivity contribution is -0.0549. The van der Waals surface area contributed by atoms with E-state index < -0.39 is 24.9 Å². The number of rotatable bonds is 15. The Morgan fingerprint density at radius 1 is 0.825 bits per heavy atom. The zero-order valence-corrected chi connectivity index (χ0v) is 23.9. The fourth-order valence-corrected chi connectivity index (χ4v) is 3.36. The van der Waals surface area contributed by atoms with E-state index in [0.717, 1.165) is 28.8 Å². The van der Waals surface area contributed by atoms with E-state index in [1.54, 1.807) is 0 Å². The maximum Gasteiger partial charge on any atom is 0.187 e. The second-order valence-corrected chi connectivity index (χ2v) is 9.04. The van der Waals surface area contributed by atoms with Crippen LogP contribution in [0.4, 0.5) is 0 Å². The molecule has 0 fully saturated rings. The Kier molecular flexibility index (Phi) is 14.8. The summed E-state index contributed by atoms with van der Waals surface area (Å²) in [5, 5.41) is 53.7. The molecule has 0 heterocycles. The van der Waals surface area contributed by atoms with Crippen molar-refractivity contribution in [2.24, 2.45) is 10.2 Å². The van der Waals surface area contributed by atoms with Crippen molar-refractivity contribution >= 4 is 46.6 Å². The molecular weight excluding hydrogens is 556 g/mol. The largest absolute Gasteiger partial charge is 0.494 e. The molecule has 8 N–H and O–H groups in total. The Bertz CT molecular complexity index is 1120. The molecule has 12 nitrogen and oxygen atoms in total. The molecule has 2 aromatic carbocycles. The van der Waals surface area contributed by atoms with Gasteiger partial charge in [-0.2, -0.15) is 10.2 Å². The van der Waals surface area contributed by atoms with Crippen LogP contribution < -0.4 is 31.0 Å². The predicted molar refractivity (Wildman–Crippen MR) is 161 cm³/mol. The van der Waals surface area contributed by atoms with Crippen LogP contribution in [0.1, 0.15) is 25.0 Å². The summed E-state index contributed by atoms with van der Waals surface area (Å²) in [6, 6.07) is 15.0. The van der Waals surface area contributed by atoms with E-state index in [4.69, 9.17) is 39.0 Å². The topological polar surface area (TPSA) is 172 Å². The third kappa shape index (κ3) is 11.8. The maximum atomic E-state index is 10.5. The van der Waals surface area contributed by atoms with Crippen LogP contribution in [0.15, 0.2) is 58.7 Å². The first-order chi connectivity index (χ1) is 19.3. The molecule has 0 aliphatic carbocycles. The van der Waals surface area contributed by atoms with Gasteiger partial charge in [0.15, 0.2) is 10.2 Å². The Hall–Kier alpha value is -3.40. The molecule has 0 amide bonds. The smallest absolute Gasteiger partial charge is 0.187 e. The molecular formula is C26H36N6O6S2. The van der Waals surface area contributed by atoms with Gasteiger partial charge in [-0.05, 0) is 73.7 Å². The number of benzene rings is 2. The number of hydrogen-bond acceptors (Lipinski definition) is 10. The molecule has 0 unspecified atom stereocenters. The Balaban J connectivity index is 1.95. The van der Waals surface area contributed by atoms with E-state index in [1.165, 1.54) is 0 Å². The van der Waals surface area contributed by atoms with Crippen molar-refractivity contribution in [2.75, 3.05) is 19.8 Å². The van der Waals surface area contributed by atoms with Crippen molar-refractivity contribution in [3.63, 3.8) is 0 Å². The van der Waals surface area contributed by atoms with Crippen molar-refractivity contribution in [1.29, 1.82) is 0 Å². The van der Waals surface area contributed by atoms with Crippen LogP contribution in [0.5, 0.6) is 11.5 Å². The summed E-state index contributed by atoms with van der Waals surface area (Å²) in [6.45, 7) is 5.03. The molecule has 0 aliphatic heterocycles. The van der Waals surface area contributed by atoms with Gasteiger partial charge in [-0.3, -0.25) is 10.9 Å². The lowest BCUT2D eigenvalue weighted by Gasteiger charge is -2.21. The number of thiocarbonyl (C=S) groups is 2. The van der Waals surface area contributed by atoms with Gasteiger partial charge in [-0.15, -0.1) is 0 Å². The number of aliphatic hydroxyl groups is 4. The van der Waals surface area contributed by atoms with Gasteiger partial charge in [-0.1, -0.05) is 24.3 Å². The van der Waals surface area contributed by atoms with E-state index >= 15 is 0 Å². The number of hydrazone groups is 2. The van der Waals surface area contributed by atoms with Crippen LogP contribution in [-0.4, -0.2) is 80.7 Å². The van der Waals surface area contributed by atoms with Crippen LogP contribution in [-0.2, 0) is 13.1 Å². The van der Waals surface area contributed by atoms with E-state index in [-0.39, 0.29) is 15.9 Å². The molecule has 0 aliphatic rings. The third-order valence-electron chi connectivity index (χ3n) is 5.23. The van der Waals surface area contributed by atoms with Crippen molar-refractivity contribution in [3.05, 3.63) is 59.7 Å². The molecule has 0 saturated carbocycles. The summed E-state index contributed by atoms with van der Waals surface area (Å²) < 4.78 is 10.8. The fourth-order valence-electron chi connectivity index (χ4n) is 3.12. The Morgan fingerprint density at radius 2 is 1.30 bits per heavy atom. The molecule has 2 rings (SSSR count). The average Bonchev–Trinajstić information content (AvgIpc) is 2.97. The van der Waals surface area contributed by atoms with E-state index in [2.05, 4.69) is 31.7 Å². The van der Waals surface area contributed by atoms with E-state index in [1.807, 2.05) is 62.4 Å². The highest BCUT2D eigenvalue weighted by Gasteiger charge is 2.28. The standard InChI is InChI=1S/C26H36N6O6S2/c1-3-37-19-9-5-17(6-10-19)13-27-25(39)31-29-15-21(23(35)24(36)22(34)16-33)30-32-26(40)28-14-18-7-11-20(12-8-18)38-4-2/h5-12,15,22-24,33-36H,3-4,13-14,16H2,1-2H3,(H2,27,31,39)(H2,28,32,40)/t22-,23-,24-/m1/s1. The minimum absolute atomic E-state index is 0.129. The first kappa shape index (κ1) is 32.8. The number of hydrogen-bond donors (Lipinski definition) is 8. The second-order valence-electron chi connectivity index (χ2n) is 8.22. The fraction of sp³-hybridized carbons (Fsp3) is 0.385.